The van der Waals surface area contributed by atoms with Crippen LogP contribution >= 0.6 is 0 Å². The lowest BCUT2D eigenvalue weighted by atomic mass is 9.80. The molecule has 1 atom stereocenters. The van der Waals surface area contributed by atoms with Crippen LogP contribution in [0.25, 0.3) is 6.08 Å². The van der Waals surface area contributed by atoms with E-state index in [0.29, 0.717) is 0 Å². The van der Waals surface area contributed by atoms with Gasteiger partial charge in [-0.25, -0.2) is 0 Å². The van der Waals surface area contributed by atoms with Gasteiger partial charge in [0.15, 0.2) is 0 Å². The van der Waals surface area contributed by atoms with E-state index in [1.807, 2.05) is 18.2 Å². The van der Waals surface area contributed by atoms with E-state index < -0.39 is 13.9 Å². The molecule has 0 unspecified atom stereocenters. The van der Waals surface area contributed by atoms with Crippen molar-refractivity contribution in [1.29, 1.82) is 0 Å². The molecular weight excluding hydrogens is 396 g/mol. The first-order valence-electron chi connectivity index (χ1n) is 11.2. The Hall–Kier alpha value is -2.28. The van der Waals surface area contributed by atoms with Gasteiger partial charge in [0, 0.05) is 11.5 Å². The van der Waals surface area contributed by atoms with Crippen LogP contribution in [0.4, 0.5) is 0 Å². The molecule has 0 fully saturated rings. The summed E-state index contributed by atoms with van der Waals surface area (Å²) in [5.74, 6) is 8.62. The normalized spacial score (nSPS) is 13.4. The maximum atomic E-state index is 7.01. The Morgan fingerprint density at radius 3 is 2.03 bits per heavy atom. The number of rotatable bonds is 8. The number of hydrogen-bond acceptors (Lipinski definition) is 2. The molecule has 31 heavy (non-hydrogen) atoms. The Kier molecular flexibility index (Phi) is 8.74. The first kappa shape index (κ1) is 25.0. The monoisotopic (exact) mass is 434 g/mol. The lowest BCUT2D eigenvalue weighted by Gasteiger charge is -2.43. The summed E-state index contributed by atoms with van der Waals surface area (Å²) in [6.45, 7) is 15.6. The lowest BCUT2D eigenvalue weighted by Crippen LogP contribution is -2.56. The van der Waals surface area contributed by atoms with E-state index >= 15 is 0 Å². The van der Waals surface area contributed by atoms with Crippen LogP contribution in [0.1, 0.15) is 40.2 Å². The largest absolute Gasteiger partial charge is 0.496 e. The summed E-state index contributed by atoms with van der Waals surface area (Å²) in [5.41, 5.74) is 0.574. The average Bonchev–Trinajstić information content (AvgIpc) is 2.75. The van der Waals surface area contributed by atoms with Crippen LogP contribution < -0.4 is 9.92 Å². The number of hydrogen-bond donors (Lipinski definition) is 0. The zero-order valence-electron chi connectivity index (χ0n) is 20.4. The van der Waals surface area contributed by atoms with E-state index in [0.717, 1.165) is 11.3 Å². The standard InChI is InChI=1S/C28H38O2Si/c1-22(2)28(23(3)4,30-31(7,8)26-15-10-9-11-16-26)21-20-24(5)18-19-25-14-12-13-17-27(25)29-6/h9-19,22-24H,1-8H3/b19-18+/t24-/m0/s1. The van der Waals surface area contributed by atoms with Crippen LogP contribution in [0.5, 0.6) is 5.75 Å². The van der Waals surface area contributed by atoms with E-state index in [2.05, 4.69) is 108 Å². The number of allylic oxidation sites excluding steroid dienone is 1. The fourth-order valence-corrected chi connectivity index (χ4v) is 6.34. The van der Waals surface area contributed by atoms with Crippen LogP contribution in [0.2, 0.25) is 13.1 Å². The van der Waals surface area contributed by atoms with Gasteiger partial charge >= 0.3 is 0 Å². The van der Waals surface area contributed by atoms with Gasteiger partial charge in [0.05, 0.1) is 7.11 Å². The fraction of sp³-hybridized carbons (Fsp3) is 0.429. The van der Waals surface area contributed by atoms with Gasteiger partial charge in [-0.05, 0) is 43.1 Å². The highest BCUT2D eigenvalue weighted by Gasteiger charge is 2.43. The summed E-state index contributed by atoms with van der Waals surface area (Å²) in [6, 6.07) is 18.6. The van der Waals surface area contributed by atoms with Gasteiger partial charge in [-0.2, -0.15) is 0 Å². The second-order valence-corrected chi connectivity index (χ2v) is 13.0. The van der Waals surface area contributed by atoms with Gasteiger partial charge in [-0.1, -0.05) is 100 Å². The van der Waals surface area contributed by atoms with Crippen molar-refractivity contribution in [3.63, 3.8) is 0 Å². The van der Waals surface area contributed by atoms with Crippen molar-refractivity contribution in [2.45, 2.75) is 53.3 Å². The summed E-state index contributed by atoms with van der Waals surface area (Å²) in [7, 11) is -0.433. The number of para-hydroxylation sites is 1. The first-order valence-corrected chi connectivity index (χ1v) is 14.1. The minimum atomic E-state index is -2.13. The van der Waals surface area contributed by atoms with E-state index in [1.54, 1.807) is 7.11 Å². The van der Waals surface area contributed by atoms with Gasteiger partial charge in [0.1, 0.15) is 11.4 Å². The summed E-state index contributed by atoms with van der Waals surface area (Å²) in [4.78, 5) is 0. The molecule has 0 radical (unpaired) electrons. The quantitative estimate of drug-likeness (QED) is 0.347. The van der Waals surface area contributed by atoms with E-state index in [4.69, 9.17) is 9.16 Å². The molecule has 0 bridgehead atoms. The molecule has 2 aromatic rings. The molecule has 2 aromatic carbocycles. The zero-order chi connectivity index (χ0) is 23.1. The zero-order valence-corrected chi connectivity index (χ0v) is 21.4. The molecule has 2 nitrogen and oxygen atoms in total. The molecular formula is C28H38O2Si. The van der Waals surface area contributed by atoms with Crippen molar-refractivity contribution in [2.75, 3.05) is 7.11 Å². The predicted octanol–water partition coefficient (Wildman–Crippen LogP) is 6.53. The van der Waals surface area contributed by atoms with E-state index in [1.165, 1.54) is 5.19 Å². The van der Waals surface area contributed by atoms with Crippen LogP contribution in [-0.4, -0.2) is 21.0 Å². The molecule has 0 saturated carbocycles. The Morgan fingerprint density at radius 1 is 0.871 bits per heavy atom. The highest BCUT2D eigenvalue weighted by atomic mass is 28.4. The van der Waals surface area contributed by atoms with Crippen molar-refractivity contribution in [3.05, 3.63) is 66.2 Å². The summed E-state index contributed by atoms with van der Waals surface area (Å²) >= 11 is 0. The van der Waals surface area contributed by atoms with Crippen molar-refractivity contribution in [2.24, 2.45) is 17.8 Å². The van der Waals surface area contributed by atoms with Crippen LogP contribution in [0, 0.1) is 29.6 Å². The van der Waals surface area contributed by atoms with E-state index in [9.17, 15) is 0 Å². The Labute approximate surface area is 190 Å². The van der Waals surface area contributed by atoms with Crippen LogP contribution in [0.3, 0.4) is 0 Å². The minimum Gasteiger partial charge on any atom is -0.496 e. The van der Waals surface area contributed by atoms with Crippen molar-refractivity contribution < 1.29 is 9.16 Å². The molecule has 0 aliphatic heterocycles. The molecule has 2 rings (SSSR count). The van der Waals surface area contributed by atoms with Crippen LogP contribution in [-0.2, 0) is 4.43 Å². The van der Waals surface area contributed by atoms with Gasteiger partial charge < -0.3 is 9.16 Å². The maximum absolute atomic E-state index is 7.01. The maximum Gasteiger partial charge on any atom is 0.220 e. The Morgan fingerprint density at radius 2 is 1.45 bits per heavy atom. The predicted molar refractivity (Wildman–Crippen MR) is 136 cm³/mol. The molecule has 0 aliphatic rings. The molecule has 166 valence electrons. The van der Waals surface area contributed by atoms with Gasteiger partial charge in [-0.15, -0.1) is 0 Å². The summed E-state index contributed by atoms with van der Waals surface area (Å²) < 4.78 is 12.5. The average molecular weight is 435 g/mol. The highest BCUT2D eigenvalue weighted by Crippen LogP contribution is 2.33. The smallest absolute Gasteiger partial charge is 0.220 e. The molecule has 0 amide bonds. The molecule has 0 aromatic heterocycles. The van der Waals surface area contributed by atoms with Crippen molar-refractivity contribution in [1.82, 2.24) is 0 Å². The number of benzene rings is 2. The molecule has 3 heteroatoms. The van der Waals surface area contributed by atoms with Crippen LogP contribution in [0.15, 0.2) is 60.7 Å². The molecule has 0 heterocycles. The SMILES string of the molecule is COc1ccccc1/C=C/[C@H](C)C#CC(O[Si](C)(C)c1ccccc1)(C(C)C)C(C)C. The van der Waals surface area contributed by atoms with Gasteiger partial charge in [0.25, 0.3) is 0 Å². The molecule has 0 saturated heterocycles. The van der Waals surface area contributed by atoms with Crippen molar-refractivity contribution in [3.8, 4) is 17.6 Å². The van der Waals surface area contributed by atoms with Gasteiger partial charge in [0.2, 0.25) is 8.32 Å². The third-order valence-corrected chi connectivity index (χ3v) is 8.38. The topological polar surface area (TPSA) is 18.5 Å². The fourth-order valence-electron chi connectivity index (χ4n) is 3.86. The summed E-state index contributed by atoms with van der Waals surface area (Å²) in [6.07, 6.45) is 4.23. The molecule has 0 N–H and O–H groups in total. The Bertz CT molecular complexity index is 909. The third kappa shape index (κ3) is 6.35. The molecule has 0 aliphatic carbocycles. The number of ether oxygens (including phenoxy) is 1. The lowest BCUT2D eigenvalue weighted by molar-refractivity contribution is 0.0291. The number of methoxy groups -OCH3 is 1. The second kappa shape index (κ2) is 10.8. The molecule has 0 spiro atoms. The van der Waals surface area contributed by atoms with Crippen molar-refractivity contribution >= 4 is 19.6 Å². The minimum absolute atomic E-state index is 0.104. The first-order chi connectivity index (χ1) is 14.6. The third-order valence-electron chi connectivity index (χ3n) is 5.81. The summed E-state index contributed by atoms with van der Waals surface area (Å²) in [5, 5.41) is 1.30. The second-order valence-electron chi connectivity index (χ2n) is 9.24. The van der Waals surface area contributed by atoms with Gasteiger partial charge in [-0.3, -0.25) is 0 Å². The highest BCUT2D eigenvalue weighted by molar-refractivity contribution is 6.84. The Balaban J connectivity index is 2.33. The van der Waals surface area contributed by atoms with E-state index in [-0.39, 0.29) is 17.8 Å².